The normalized spacial score (nSPS) is 20.1. The summed E-state index contributed by atoms with van der Waals surface area (Å²) in [6, 6.07) is 10.00. The number of hydrogen-bond acceptors (Lipinski definition) is 3. The van der Waals surface area contributed by atoms with Crippen molar-refractivity contribution in [1.29, 1.82) is 0 Å². The number of carbonyl (C=O) groups excluding carboxylic acids is 1. The number of benzene rings is 1. The molecule has 1 saturated heterocycles. The van der Waals surface area contributed by atoms with Crippen LogP contribution in [0.2, 0.25) is 0 Å². The van der Waals surface area contributed by atoms with E-state index in [1.807, 2.05) is 36.4 Å². The average molecular weight is 244 g/mol. The first-order valence-corrected chi connectivity index (χ1v) is 5.92. The Morgan fingerprint density at radius 1 is 1.28 bits per heavy atom. The minimum absolute atomic E-state index is 0.314. The number of esters is 1. The summed E-state index contributed by atoms with van der Waals surface area (Å²) >= 11 is 0. The van der Waals surface area contributed by atoms with Crippen LogP contribution in [0, 0.1) is 0 Å². The van der Waals surface area contributed by atoms with E-state index in [9.17, 15) is 4.79 Å². The Hall–Kier alpha value is -1.87. The van der Waals surface area contributed by atoms with E-state index in [-0.39, 0.29) is 5.97 Å². The second kappa shape index (κ2) is 6.17. The Kier molecular flexibility index (Phi) is 4.31. The summed E-state index contributed by atoms with van der Waals surface area (Å²) in [5.74, 6) is -0.314. The SMILES string of the molecule is COC(=O)/C=C1\CCOC\C1=C\c1ccccc1. The van der Waals surface area contributed by atoms with Gasteiger partial charge in [-0.25, -0.2) is 4.79 Å². The number of ether oxygens (including phenoxy) is 2. The van der Waals surface area contributed by atoms with Gasteiger partial charge >= 0.3 is 5.97 Å². The van der Waals surface area contributed by atoms with E-state index >= 15 is 0 Å². The molecule has 1 heterocycles. The zero-order valence-electron chi connectivity index (χ0n) is 10.4. The molecule has 0 bridgehead atoms. The fourth-order valence-electron chi connectivity index (χ4n) is 1.87. The second-order valence-corrected chi connectivity index (χ2v) is 4.08. The van der Waals surface area contributed by atoms with Crippen LogP contribution in [-0.2, 0) is 14.3 Å². The predicted octanol–water partition coefficient (Wildman–Crippen LogP) is 2.59. The molecule has 18 heavy (non-hydrogen) atoms. The summed E-state index contributed by atoms with van der Waals surface area (Å²) in [6.07, 6.45) is 4.35. The minimum Gasteiger partial charge on any atom is -0.466 e. The van der Waals surface area contributed by atoms with Crippen LogP contribution in [0.1, 0.15) is 12.0 Å². The van der Waals surface area contributed by atoms with Gasteiger partial charge in [-0.3, -0.25) is 0 Å². The van der Waals surface area contributed by atoms with Crippen molar-refractivity contribution in [2.24, 2.45) is 0 Å². The van der Waals surface area contributed by atoms with Crippen LogP contribution >= 0.6 is 0 Å². The standard InChI is InChI=1S/C15H16O3/c1-17-15(16)10-13-7-8-18-11-14(13)9-12-5-3-2-4-6-12/h2-6,9-10H,7-8,11H2,1H3/b13-10+,14-9-. The molecule has 1 aromatic carbocycles. The van der Waals surface area contributed by atoms with Gasteiger partial charge in [0.2, 0.25) is 0 Å². The van der Waals surface area contributed by atoms with Crippen molar-refractivity contribution in [2.45, 2.75) is 6.42 Å². The van der Waals surface area contributed by atoms with E-state index < -0.39 is 0 Å². The number of hydrogen-bond donors (Lipinski definition) is 0. The van der Waals surface area contributed by atoms with E-state index in [2.05, 4.69) is 4.74 Å². The summed E-state index contributed by atoms with van der Waals surface area (Å²) < 4.78 is 10.1. The molecule has 94 valence electrons. The molecule has 1 aliphatic rings. The highest BCUT2D eigenvalue weighted by atomic mass is 16.5. The van der Waals surface area contributed by atoms with E-state index in [0.717, 1.165) is 23.1 Å². The van der Waals surface area contributed by atoms with Gasteiger partial charge in [-0.1, -0.05) is 30.3 Å². The molecule has 3 nitrogen and oxygen atoms in total. The molecule has 0 radical (unpaired) electrons. The zero-order chi connectivity index (χ0) is 12.8. The maximum atomic E-state index is 11.3. The molecule has 0 amide bonds. The van der Waals surface area contributed by atoms with Crippen molar-refractivity contribution in [3.63, 3.8) is 0 Å². The first kappa shape index (κ1) is 12.6. The molecular weight excluding hydrogens is 228 g/mol. The Labute approximate surface area is 107 Å². The third-order valence-corrected chi connectivity index (χ3v) is 2.82. The van der Waals surface area contributed by atoms with Crippen LogP contribution in [-0.4, -0.2) is 26.3 Å². The van der Waals surface area contributed by atoms with Gasteiger partial charge in [-0.15, -0.1) is 0 Å². The molecule has 1 fully saturated rings. The lowest BCUT2D eigenvalue weighted by Gasteiger charge is -2.18. The maximum absolute atomic E-state index is 11.3. The molecule has 2 rings (SSSR count). The lowest BCUT2D eigenvalue weighted by Crippen LogP contribution is -2.12. The quantitative estimate of drug-likeness (QED) is 0.592. The summed E-state index contributed by atoms with van der Waals surface area (Å²) in [4.78, 5) is 11.3. The topological polar surface area (TPSA) is 35.5 Å². The fraction of sp³-hybridized carbons (Fsp3) is 0.267. The van der Waals surface area contributed by atoms with Gasteiger partial charge in [0.05, 0.1) is 20.3 Å². The lowest BCUT2D eigenvalue weighted by atomic mass is 9.99. The molecule has 1 aromatic rings. The number of rotatable bonds is 2. The summed E-state index contributed by atoms with van der Waals surface area (Å²) in [5.41, 5.74) is 3.14. The van der Waals surface area contributed by atoms with Crippen molar-refractivity contribution in [1.82, 2.24) is 0 Å². The molecule has 0 unspecified atom stereocenters. The molecule has 0 saturated carbocycles. The summed E-state index contributed by atoms with van der Waals surface area (Å²) in [7, 11) is 1.39. The van der Waals surface area contributed by atoms with Crippen LogP contribution in [0.4, 0.5) is 0 Å². The third kappa shape index (κ3) is 3.31. The van der Waals surface area contributed by atoms with Crippen molar-refractivity contribution in [2.75, 3.05) is 20.3 Å². The largest absolute Gasteiger partial charge is 0.466 e. The molecule has 0 aliphatic carbocycles. The molecule has 0 N–H and O–H groups in total. The highest BCUT2D eigenvalue weighted by Gasteiger charge is 2.13. The summed E-state index contributed by atoms with van der Waals surface area (Å²) in [5, 5.41) is 0. The monoisotopic (exact) mass is 244 g/mol. The van der Waals surface area contributed by atoms with Gasteiger partial charge in [-0.05, 0) is 29.2 Å². The van der Waals surface area contributed by atoms with E-state index in [1.165, 1.54) is 7.11 Å². The zero-order valence-corrected chi connectivity index (χ0v) is 10.4. The fourth-order valence-corrected chi connectivity index (χ4v) is 1.87. The summed E-state index contributed by atoms with van der Waals surface area (Å²) in [6.45, 7) is 1.19. The van der Waals surface area contributed by atoms with Crippen LogP contribution in [0.15, 0.2) is 47.6 Å². The van der Waals surface area contributed by atoms with Crippen LogP contribution in [0.3, 0.4) is 0 Å². The van der Waals surface area contributed by atoms with E-state index in [0.29, 0.717) is 13.2 Å². The first-order valence-electron chi connectivity index (χ1n) is 5.92. The van der Waals surface area contributed by atoms with Crippen LogP contribution < -0.4 is 0 Å². The molecule has 0 spiro atoms. The van der Waals surface area contributed by atoms with Gasteiger partial charge in [0.25, 0.3) is 0 Å². The molecule has 0 aromatic heterocycles. The first-order chi connectivity index (χ1) is 8.79. The van der Waals surface area contributed by atoms with E-state index in [1.54, 1.807) is 6.08 Å². The van der Waals surface area contributed by atoms with Crippen LogP contribution in [0.5, 0.6) is 0 Å². The maximum Gasteiger partial charge on any atom is 0.330 e. The Bertz CT molecular complexity index is 472. The van der Waals surface area contributed by atoms with Gasteiger partial charge in [0.15, 0.2) is 0 Å². The highest BCUT2D eigenvalue weighted by Crippen LogP contribution is 2.22. The molecule has 3 heteroatoms. The van der Waals surface area contributed by atoms with Gasteiger partial charge < -0.3 is 9.47 Å². The van der Waals surface area contributed by atoms with Crippen molar-refractivity contribution in [3.05, 3.63) is 53.1 Å². The van der Waals surface area contributed by atoms with E-state index in [4.69, 9.17) is 4.74 Å². The number of carbonyl (C=O) groups is 1. The Morgan fingerprint density at radius 2 is 2.06 bits per heavy atom. The Morgan fingerprint density at radius 3 is 2.78 bits per heavy atom. The predicted molar refractivity (Wildman–Crippen MR) is 70.0 cm³/mol. The van der Waals surface area contributed by atoms with Crippen LogP contribution in [0.25, 0.3) is 6.08 Å². The Balaban J connectivity index is 2.26. The highest BCUT2D eigenvalue weighted by molar-refractivity contribution is 5.84. The molecule has 1 aliphatic heterocycles. The van der Waals surface area contributed by atoms with Gasteiger partial charge in [0, 0.05) is 6.08 Å². The average Bonchev–Trinajstić information content (AvgIpc) is 2.42. The third-order valence-electron chi connectivity index (χ3n) is 2.82. The van der Waals surface area contributed by atoms with Crippen molar-refractivity contribution in [3.8, 4) is 0 Å². The molecular formula is C15H16O3. The van der Waals surface area contributed by atoms with Crippen molar-refractivity contribution < 1.29 is 14.3 Å². The molecule has 0 atom stereocenters. The smallest absolute Gasteiger partial charge is 0.330 e. The number of methoxy groups -OCH3 is 1. The van der Waals surface area contributed by atoms with Gasteiger partial charge in [0.1, 0.15) is 0 Å². The van der Waals surface area contributed by atoms with Crippen molar-refractivity contribution >= 4 is 12.0 Å². The lowest BCUT2D eigenvalue weighted by molar-refractivity contribution is -0.134. The second-order valence-electron chi connectivity index (χ2n) is 4.08. The van der Waals surface area contributed by atoms with Gasteiger partial charge in [-0.2, -0.15) is 0 Å². The minimum atomic E-state index is -0.314.